The maximum absolute atomic E-state index is 5.66. The van der Waals surface area contributed by atoms with Crippen LogP contribution in [0.5, 0.6) is 0 Å². The number of ether oxygens (including phenoxy) is 1. The summed E-state index contributed by atoms with van der Waals surface area (Å²) in [5, 5.41) is 3.36. The predicted octanol–water partition coefficient (Wildman–Crippen LogP) is 2.02. The van der Waals surface area contributed by atoms with Gasteiger partial charge in [0.2, 0.25) is 0 Å². The topological polar surface area (TPSA) is 47.3 Å². The van der Waals surface area contributed by atoms with Gasteiger partial charge < -0.3 is 15.8 Å². The Morgan fingerprint density at radius 2 is 2.21 bits per heavy atom. The molecule has 3 nitrogen and oxygen atoms in total. The van der Waals surface area contributed by atoms with Crippen molar-refractivity contribution in [2.75, 3.05) is 24.8 Å². The molecule has 0 saturated carbocycles. The molecule has 0 heterocycles. The first kappa shape index (κ1) is 10.9. The van der Waals surface area contributed by atoms with Crippen molar-refractivity contribution in [3.8, 4) is 0 Å². The molecule has 0 fully saturated rings. The van der Waals surface area contributed by atoms with Gasteiger partial charge in [0.15, 0.2) is 0 Å². The molecule has 1 unspecified atom stereocenters. The van der Waals surface area contributed by atoms with E-state index >= 15 is 0 Å². The highest BCUT2D eigenvalue weighted by molar-refractivity contribution is 5.57. The first-order valence-corrected chi connectivity index (χ1v) is 4.75. The number of anilines is 2. The SMILES string of the molecule is COCC(C)Nc1ccc(N)cc1C. The second-order valence-electron chi connectivity index (χ2n) is 3.58. The first-order valence-electron chi connectivity index (χ1n) is 4.75. The van der Waals surface area contributed by atoms with Crippen LogP contribution in [0.4, 0.5) is 11.4 Å². The van der Waals surface area contributed by atoms with Gasteiger partial charge in [-0.1, -0.05) is 0 Å². The molecular weight excluding hydrogens is 176 g/mol. The molecule has 0 aliphatic carbocycles. The van der Waals surface area contributed by atoms with Crippen LogP contribution in [-0.2, 0) is 4.74 Å². The lowest BCUT2D eigenvalue weighted by atomic mass is 10.1. The van der Waals surface area contributed by atoms with E-state index in [2.05, 4.69) is 12.2 Å². The molecule has 0 spiro atoms. The molecule has 0 saturated heterocycles. The number of nitrogen functional groups attached to an aromatic ring is 1. The van der Waals surface area contributed by atoms with E-state index in [0.717, 1.165) is 16.9 Å². The van der Waals surface area contributed by atoms with Gasteiger partial charge in [-0.3, -0.25) is 0 Å². The second-order valence-corrected chi connectivity index (χ2v) is 3.58. The summed E-state index contributed by atoms with van der Waals surface area (Å²) < 4.78 is 5.05. The van der Waals surface area contributed by atoms with E-state index in [0.29, 0.717) is 12.6 Å². The van der Waals surface area contributed by atoms with Gasteiger partial charge >= 0.3 is 0 Å². The van der Waals surface area contributed by atoms with Gasteiger partial charge in [-0.15, -0.1) is 0 Å². The van der Waals surface area contributed by atoms with Gasteiger partial charge in [0.25, 0.3) is 0 Å². The van der Waals surface area contributed by atoms with E-state index in [4.69, 9.17) is 10.5 Å². The van der Waals surface area contributed by atoms with Crippen LogP contribution < -0.4 is 11.1 Å². The third kappa shape index (κ3) is 2.92. The Balaban J connectivity index is 2.67. The summed E-state index contributed by atoms with van der Waals surface area (Å²) in [6.45, 7) is 4.82. The van der Waals surface area contributed by atoms with Crippen LogP contribution in [0.1, 0.15) is 12.5 Å². The Kier molecular flexibility index (Phi) is 3.77. The van der Waals surface area contributed by atoms with Crippen molar-refractivity contribution >= 4 is 11.4 Å². The molecule has 1 aromatic rings. The fourth-order valence-corrected chi connectivity index (χ4v) is 1.41. The molecule has 78 valence electrons. The number of rotatable bonds is 4. The van der Waals surface area contributed by atoms with Gasteiger partial charge in [0.05, 0.1) is 6.61 Å². The van der Waals surface area contributed by atoms with E-state index in [9.17, 15) is 0 Å². The molecule has 3 heteroatoms. The van der Waals surface area contributed by atoms with Gasteiger partial charge in [-0.05, 0) is 37.6 Å². The predicted molar refractivity (Wildman–Crippen MR) is 60.6 cm³/mol. The number of aryl methyl sites for hydroxylation is 1. The van der Waals surface area contributed by atoms with Crippen molar-refractivity contribution in [3.63, 3.8) is 0 Å². The minimum absolute atomic E-state index is 0.308. The van der Waals surface area contributed by atoms with E-state index in [1.807, 2.05) is 25.1 Å². The van der Waals surface area contributed by atoms with Crippen molar-refractivity contribution in [2.45, 2.75) is 19.9 Å². The summed E-state index contributed by atoms with van der Waals surface area (Å²) in [4.78, 5) is 0. The smallest absolute Gasteiger partial charge is 0.0661 e. The Morgan fingerprint density at radius 3 is 2.79 bits per heavy atom. The second kappa shape index (κ2) is 4.86. The van der Waals surface area contributed by atoms with Crippen LogP contribution >= 0.6 is 0 Å². The Hall–Kier alpha value is -1.22. The highest BCUT2D eigenvalue weighted by Gasteiger charge is 2.03. The number of nitrogens with one attached hydrogen (secondary N) is 1. The molecule has 0 aromatic heterocycles. The van der Waals surface area contributed by atoms with Crippen molar-refractivity contribution < 1.29 is 4.74 Å². The highest BCUT2D eigenvalue weighted by Crippen LogP contribution is 2.18. The molecule has 0 radical (unpaired) electrons. The average Bonchev–Trinajstić information content (AvgIpc) is 2.10. The minimum atomic E-state index is 0.308. The lowest BCUT2D eigenvalue weighted by Gasteiger charge is -2.16. The summed E-state index contributed by atoms with van der Waals surface area (Å²) in [6, 6.07) is 6.16. The zero-order valence-corrected chi connectivity index (χ0v) is 9.00. The van der Waals surface area contributed by atoms with Gasteiger partial charge in [0, 0.05) is 24.5 Å². The molecule has 0 amide bonds. The van der Waals surface area contributed by atoms with Gasteiger partial charge in [-0.25, -0.2) is 0 Å². The van der Waals surface area contributed by atoms with Gasteiger partial charge in [-0.2, -0.15) is 0 Å². The van der Waals surface area contributed by atoms with Crippen LogP contribution in [0.15, 0.2) is 18.2 Å². The molecule has 1 rings (SSSR count). The summed E-state index contributed by atoms with van der Waals surface area (Å²) in [5.41, 5.74) is 8.74. The normalized spacial score (nSPS) is 12.5. The van der Waals surface area contributed by atoms with Crippen molar-refractivity contribution in [1.29, 1.82) is 0 Å². The Labute approximate surface area is 85.3 Å². The number of hydrogen-bond donors (Lipinski definition) is 2. The van der Waals surface area contributed by atoms with Crippen LogP contribution in [0.2, 0.25) is 0 Å². The van der Waals surface area contributed by atoms with E-state index < -0.39 is 0 Å². The molecule has 0 aliphatic heterocycles. The van der Waals surface area contributed by atoms with Crippen molar-refractivity contribution in [3.05, 3.63) is 23.8 Å². The summed E-state index contributed by atoms with van der Waals surface area (Å²) in [7, 11) is 1.70. The standard InChI is InChI=1S/C11H18N2O/c1-8-6-10(12)4-5-11(8)13-9(2)7-14-3/h4-6,9,13H,7,12H2,1-3H3. The van der Waals surface area contributed by atoms with Crippen molar-refractivity contribution in [2.24, 2.45) is 0 Å². The van der Waals surface area contributed by atoms with E-state index in [1.54, 1.807) is 7.11 Å². The minimum Gasteiger partial charge on any atom is -0.399 e. The molecule has 1 aromatic carbocycles. The molecule has 3 N–H and O–H groups in total. The summed E-state index contributed by atoms with van der Waals surface area (Å²) in [5.74, 6) is 0. The van der Waals surface area contributed by atoms with Gasteiger partial charge in [0.1, 0.15) is 0 Å². The molecule has 0 aliphatic rings. The van der Waals surface area contributed by atoms with Crippen LogP contribution in [0.25, 0.3) is 0 Å². The Morgan fingerprint density at radius 1 is 1.50 bits per heavy atom. The third-order valence-corrected chi connectivity index (χ3v) is 2.07. The van der Waals surface area contributed by atoms with Crippen LogP contribution in [-0.4, -0.2) is 19.8 Å². The zero-order chi connectivity index (χ0) is 10.6. The van der Waals surface area contributed by atoms with E-state index in [1.165, 1.54) is 0 Å². The monoisotopic (exact) mass is 194 g/mol. The largest absolute Gasteiger partial charge is 0.399 e. The number of benzene rings is 1. The van der Waals surface area contributed by atoms with E-state index in [-0.39, 0.29) is 0 Å². The molecule has 14 heavy (non-hydrogen) atoms. The number of hydrogen-bond acceptors (Lipinski definition) is 3. The summed E-state index contributed by atoms with van der Waals surface area (Å²) >= 11 is 0. The van der Waals surface area contributed by atoms with Crippen LogP contribution in [0, 0.1) is 6.92 Å². The fraction of sp³-hybridized carbons (Fsp3) is 0.455. The third-order valence-electron chi connectivity index (χ3n) is 2.07. The zero-order valence-electron chi connectivity index (χ0n) is 9.00. The Bertz CT molecular complexity index is 299. The highest BCUT2D eigenvalue weighted by atomic mass is 16.5. The van der Waals surface area contributed by atoms with Crippen LogP contribution in [0.3, 0.4) is 0 Å². The number of methoxy groups -OCH3 is 1. The average molecular weight is 194 g/mol. The molecular formula is C11H18N2O. The maximum Gasteiger partial charge on any atom is 0.0661 e. The molecule has 0 bridgehead atoms. The first-order chi connectivity index (χ1) is 6.63. The maximum atomic E-state index is 5.66. The summed E-state index contributed by atoms with van der Waals surface area (Å²) in [6.07, 6.45) is 0. The number of nitrogens with two attached hydrogens (primary N) is 1. The van der Waals surface area contributed by atoms with Crippen molar-refractivity contribution in [1.82, 2.24) is 0 Å². The molecule has 1 atom stereocenters. The fourth-order valence-electron chi connectivity index (χ4n) is 1.41. The lowest BCUT2D eigenvalue weighted by molar-refractivity contribution is 0.190. The quantitative estimate of drug-likeness (QED) is 0.721. The lowest BCUT2D eigenvalue weighted by Crippen LogP contribution is -2.21.